The van der Waals surface area contributed by atoms with Crippen LogP contribution in [0.4, 0.5) is 10.6 Å². The summed E-state index contributed by atoms with van der Waals surface area (Å²) in [5, 5.41) is 7.06. The Morgan fingerprint density at radius 3 is 2.91 bits per heavy atom. The van der Waals surface area contributed by atoms with Crippen LogP contribution in [0.3, 0.4) is 0 Å². The van der Waals surface area contributed by atoms with E-state index in [2.05, 4.69) is 10.4 Å². The second-order valence-electron chi connectivity index (χ2n) is 6.62. The third-order valence-electron chi connectivity index (χ3n) is 4.84. The zero-order valence-corrected chi connectivity index (χ0v) is 14.3. The fourth-order valence-electron chi connectivity index (χ4n) is 3.65. The average molecular weight is 340 g/mol. The number of likely N-dealkylation sites (tertiary alicyclic amines) is 1. The molecule has 0 unspecified atom stereocenters. The van der Waals surface area contributed by atoms with E-state index >= 15 is 0 Å². The van der Waals surface area contributed by atoms with Gasteiger partial charge in [0.2, 0.25) is 0 Å². The first kappa shape index (κ1) is 16.3. The summed E-state index contributed by atoms with van der Waals surface area (Å²) in [5.74, 6) is 1.17. The molecule has 1 aromatic rings. The molecule has 8 heteroatoms. The summed E-state index contributed by atoms with van der Waals surface area (Å²) in [6.45, 7) is 1.11. The van der Waals surface area contributed by atoms with Crippen LogP contribution in [-0.4, -0.2) is 53.7 Å². The lowest BCUT2D eigenvalue weighted by molar-refractivity contribution is 0.181. The minimum Gasteiger partial charge on any atom is -0.321 e. The van der Waals surface area contributed by atoms with Crippen molar-refractivity contribution >= 4 is 21.7 Å². The monoisotopic (exact) mass is 340 g/mol. The Labute approximate surface area is 137 Å². The maximum Gasteiger partial charge on any atom is 0.323 e. The van der Waals surface area contributed by atoms with Gasteiger partial charge in [0.1, 0.15) is 9.84 Å². The van der Waals surface area contributed by atoms with Crippen LogP contribution in [0.1, 0.15) is 32.1 Å². The van der Waals surface area contributed by atoms with Gasteiger partial charge >= 0.3 is 6.03 Å². The number of anilines is 1. The lowest BCUT2D eigenvalue weighted by Gasteiger charge is -2.31. The maximum absolute atomic E-state index is 12.5. The van der Waals surface area contributed by atoms with Gasteiger partial charge in [-0.15, -0.1) is 0 Å². The highest BCUT2D eigenvalue weighted by Crippen LogP contribution is 2.36. The summed E-state index contributed by atoms with van der Waals surface area (Å²) in [4.78, 5) is 14.4. The molecule has 2 amide bonds. The summed E-state index contributed by atoms with van der Waals surface area (Å²) in [5.41, 5.74) is 0. The predicted molar refractivity (Wildman–Crippen MR) is 88.0 cm³/mol. The van der Waals surface area contributed by atoms with Crippen LogP contribution in [0.5, 0.6) is 0 Å². The number of nitrogens with one attached hydrogen (secondary N) is 1. The van der Waals surface area contributed by atoms with Crippen molar-refractivity contribution in [3.05, 3.63) is 12.3 Å². The molecule has 2 aliphatic rings. The maximum atomic E-state index is 12.5. The highest BCUT2D eigenvalue weighted by atomic mass is 32.2. The molecule has 0 aromatic carbocycles. The van der Waals surface area contributed by atoms with E-state index in [-0.39, 0.29) is 11.8 Å². The molecule has 1 saturated heterocycles. The number of amides is 2. The van der Waals surface area contributed by atoms with Crippen LogP contribution < -0.4 is 5.32 Å². The normalized spacial score (nSPS) is 24.5. The summed E-state index contributed by atoms with van der Waals surface area (Å²) in [6.07, 6.45) is 8.80. The van der Waals surface area contributed by atoms with E-state index in [1.165, 1.54) is 25.5 Å². The molecule has 1 aliphatic heterocycles. The summed E-state index contributed by atoms with van der Waals surface area (Å²) in [7, 11) is -3.02. The predicted octanol–water partition coefficient (Wildman–Crippen LogP) is 1.72. The van der Waals surface area contributed by atoms with Crippen molar-refractivity contribution in [3.8, 4) is 0 Å². The minimum atomic E-state index is -3.02. The van der Waals surface area contributed by atoms with Crippen molar-refractivity contribution in [3.63, 3.8) is 0 Å². The number of hydrogen-bond donors (Lipinski definition) is 1. The Hall–Kier alpha value is -1.57. The first-order chi connectivity index (χ1) is 10.9. The number of rotatable bonds is 4. The third-order valence-corrected chi connectivity index (χ3v) is 5.76. The second kappa shape index (κ2) is 6.51. The Bertz CT molecular complexity index is 670. The molecule has 1 saturated carbocycles. The van der Waals surface area contributed by atoms with Gasteiger partial charge in [0.05, 0.1) is 12.3 Å². The topological polar surface area (TPSA) is 84.3 Å². The summed E-state index contributed by atoms with van der Waals surface area (Å²) >= 11 is 0. The quantitative estimate of drug-likeness (QED) is 0.904. The van der Waals surface area contributed by atoms with E-state index in [4.69, 9.17) is 0 Å². The van der Waals surface area contributed by atoms with E-state index in [9.17, 15) is 13.2 Å². The second-order valence-corrected chi connectivity index (χ2v) is 8.88. The zero-order chi connectivity index (χ0) is 16.4. The van der Waals surface area contributed by atoms with Crippen LogP contribution in [0.2, 0.25) is 0 Å². The van der Waals surface area contributed by atoms with Crippen molar-refractivity contribution in [2.24, 2.45) is 5.92 Å². The van der Waals surface area contributed by atoms with E-state index in [0.29, 0.717) is 24.3 Å². The van der Waals surface area contributed by atoms with Gasteiger partial charge < -0.3 is 4.90 Å². The van der Waals surface area contributed by atoms with Crippen LogP contribution >= 0.6 is 0 Å². The minimum absolute atomic E-state index is 0.0396. The van der Waals surface area contributed by atoms with Crippen molar-refractivity contribution in [1.82, 2.24) is 14.7 Å². The van der Waals surface area contributed by atoms with Crippen LogP contribution in [0.25, 0.3) is 0 Å². The zero-order valence-electron chi connectivity index (χ0n) is 13.4. The van der Waals surface area contributed by atoms with Crippen molar-refractivity contribution in [2.75, 3.05) is 23.9 Å². The summed E-state index contributed by atoms with van der Waals surface area (Å²) in [6, 6.07) is 1.98. The van der Waals surface area contributed by atoms with Crippen molar-refractivity contribution in [1.29, 1.82) is 0 Å². The molecule has 0 bridgehead atoms. The number of sulfone groups is 1. The van der Waals surface area contributed by atoms with Gasteiger partial charge in [0.25, 0.3) is 0 Å². The van der Waals surface area contributed by atoms with Gasteiger partial charge in [-0.3, -0.25) is 10.00 Å². The Morgan fingerprint density at radius 2 is 2.13 bits per heavy atom. The molecule has 128 valence electrons. The Balaban J connectivity index is 1.57. The molecule has 1 aliphatic carbocycles. The fourth-order valence-corrected chi connectivity index (χ4v) is 4.17. The molecule has 7 nitrogen and oxygen atoms in total. The molecule has 2 fully saturated rings. The third kappa shape index (κ3) is 4.04. The van der Waals surface area contributed by atoms with Crippen LogP contribution in [0, 0.1) is 5.92 Å². The number of nitrogens with zero attached hydrogens (tertiary/aromatic N) is 3. The SMILES string of the molecule is CS(=O)(=O)CCn1ccc(NC(=O)N2CC[C@H]3CCCC[C@H]32)n1. The van der Waals surface area contributed by atoms with Crippen molar-refractivity contribution < 1.29 is 13.2 Å². The standard InChI is InChI=1S/C15H24N4O3S/c1-23(21,22)11-10-18-8-7-14(17-18)16-15(20)19-9-6-12-4-2-3-5-13(12)19/h7-8,12-13H,2-6,9-11H2,1H3,(H,16,17,20)/t12-,13-/m1/s1. The van der Waals surface area contributed by atoms with Gasteiger partial charge in [-0.05, 0) is 25.2 Å². The van der Waals surface area contributed by atoms with E-state index < -0.39 is 9.84 Å². The van der Waals surface area contributed by atoms with Crippen molar-refractivity contribution in [2.45, 2.75) is 44.7 Å². The lowest BCUT2D eigenvalue weighted by Crippen LogP contribution is -2.41. The molecule has 0 radical (unpaired) electrons. The first-order valence-electron chi connectivity index (χ1n) is 8.21. The van der Waals surface area contributed by atoms with Gasteiger partial charge in [0, 0.05) is 31.1 Å². The first-order valence-corrected chi connectivity index (χ1v) is 10.3. The van der Waals surface area contributed by atoms with Crippen LogP contribution in [-0.2, 0) is 16.4 Å². The number of aryl methyl sites for hydroxylation is 1. The average Bonchev–Trinajstić information content (AvgIpc) is 3.10. The lowest BCUT2D eigenvalue weighted by atomic mass is 9.85. The molecular weight excluding hydrogens is 316 g/mol. The number of fused-ring (bicyclic) bond motifs is 1. The smallest absolute Gasteiger partial charge is 0.321 e. The Kier molecular flexibility index (Phi) is 4.61. The fraction of sp³-hybridized carbons (Fsp3) is 0.733. The molecular formula is C15H24N4O3S. The van der Waals surface area contributed by atoms with Gasteiger partial charge in [0.15, 0.2) is 5.82 Å². The number of aromatic nitrogens is 2. The number of hydrogen-bond acceptors (Lipinski definition) is 4. The molecule has 23 heavy (non-hydrogen) atoms. The molecule has 1 aromatic heterocycles. The highest BCUT2D eigenvalue weighted by Gasteiger charge is 2.38. The highest BCUT2D eigenvalue weighted by molar-refractivity contribution is 7.90. The van der Waals surface area contributed by atoms with Crippen LogP contribution in [0.15, 0.2) is 12.3 Å². The summed E-state index contributed by atoms with van der Waals surface area (Å²) < 4.78 is 23.9. The van der Waals surface area contributed by atoms with Gasteiger partial charge in [-0.1, -0.05) is 12.8 Å². The molecule has 2 heterocycles. The molecule has 2 atom stereocenters. The largest absolute Gasteiger partial charge is 0.323 e. The molecule has 0 spiro atoms. The molecule has 1 N–H and O–H groups in total. The number of carbonyl (C=O) groups excluding carboxylic acids is 1. The molecule has 3 rings (SSSR count). The van der Waals surface area contributed by atoms with E-state index in [0.717, 1.165) is 19.4 Å². The number of urea groups is 1. The number of carbonyl (C=O) groups is 1. The van der Waals surface area contributed by atoms with E-state index in [1.807, 2.05) is 4.90 Å². The van der Waals surface area contributed by atoms with Gasteiger partial charge in [-0.25, -0.2) is 13.2 Å². The Morgan fingerprint density at radius 1 is 1.35 bits per heavy atom. The van der Waals surface area contributed by atoms with Gasteiger partial charge in [-0.2, -0.15) is 5.10 Å². The van der Waals surface area contributed by atoms with E-state index in [1.54, 1.807) is 16.9 Å².